The van der Waals surface area contributed by atoms with Crippen molar-refractivity contribution < 1.29 is 9.53 Å². The molecule has 130 valence electrons. The summed E-state index contributed by atoms with van der Waals surface area (Å²) in [4.78, 5) is 13.8. The minimum absolute atomic E-state index is 0.362. The molecule has 0 spiro atoms. The Morgan fingerprint density at radius 2 is 1.35 bits per heavy atom. The van der Waals surface area contributed by atoms with Gasteiger partial charge < -0.3 is 9.64 Å². The highest BCUT2D eigenvalue weighted by Gasteiger charge is 2.13. The van der Waals surface area contributed by atoms with Crippen LogP contribution in [-0.2, 0) is 4.79 Å². The van der Waals surface area contributed by atoms with E-state index in [0.29, 0.717) is 16.3 Å². The van der Waals surface area contributed by atoms with Crippen LogP contribution in [0.2, 0.25) is 5.02 Å². The number of esters is 1. The second-order valence-electron chi connectivity index (χ2n) is 5.81. The molecule has 0 heterocycles. The van der Waals surface area contributed by atoms with Gasteiger partial charge in [0.15, 0.2) is 0 Å². The van der Waals surface area contributed by atoms with E-state index in [2.05, 4.69) is 11.5 Å². The van der Waals surface area contributed by atoms with E-state index in [9.17, 15) is 4.79 Å². The van der Waals surface area contributed by atoms with Gasteiger partial charge in [-0.2, -0.15) is 0 Å². The molecule has 0 saturated carbocycles. The molecule has 26 heavy (non-hydrogen) atoms. The fourth-order valence-electron chi connectivity index (χ4n) is 2.47. The van der Waals surface area contributed by atoms with E-state index in [1.165, 1.54) is 0 Å². The zero-order chi connectivity index (χ0) is 18.5. The van der Waals surface area contributed by atoms with Gasteiger partial charge in [0.1, 0.15) is 5.75 Å². The first-order valence-electron chi connectivity index (χ1n) is 8.13. The normalized spacial score (nSPS) is 10.2. The van der Waals surface area contributed by atoms with E-state index in [1.54, 1.807) is 19.1 Å². The maximum Gasteiger partial charge on any atom is 0.338 e. The molecule has 3 nitrogen and oxygen atoms in total. The number of benzene rings is 3. The van der Waals surface area contributed by atoms with Crippen molar-refractivity contribution in [3.8, 4) is 5.75 Å². The fourth-order valence-corrected chi connectivity index (χ4v) is 2.60. The van der Waals surface area contributed by atoms with Crippen molar-refractivity contribution in [3.05, 3.63) is 96.0 Å². The van der Waals surface area contributed by atoms with Gasteiger partial charge in [-0.15, -0.1) is 0 Å². The van der Waals surface area contributed by atoms with Gasteiger partial charge in [0.05, 0.1) is 0 Å². The Bertz CT molecular complexity index is 903. The van der Waals surface area contributed by atoms with Gasteiger partial charge in [0.2, 0.25) is 0 Å². The number of rotatable bonds is 5. The van der Waals surface area contributed by atoms with E-state index < -0.39 is 5.97 Å². The molecule has 0 aliphatic carbocycles. The molecule has 0 amide bonds. The van der Waals surface area contributed by atoms with Crippen LogP contribution in [0.4, 0.5) is 17.1 Å². The highest BCUT2D eigenvalue weighted by Crippen LogP contribution is 2.35. The Balaban J connectivity index is 1.96. The van der Waals surface area contributed by atoms with Gasteiger partial charge in [-0.05, 0) is 67.6 Å². The van der Waals surface area contributed by atoms with Crippen LogP contribution in [-0.4, -0.2) is 5.97 Å². The van der Waals surface area contributed by atoms with E-state index in [0.717, 1.165) is 17.1 Å². The van der Waals surface area contributed by atoms with Crippen molar-refractivity contribution in [2.24, 2.45) is 0 Å². The average molecular weight is 364 g/mol. The van der Waals surface area contributed by atoms with Gasteiger partial charge in [-0.3, -0.25) is 0 Å². The topological polar surface area (TPSA) is 29.5 Å². The molecule has 3 aromatic carbocycles. The molecule has 0 saturated heterocycles. The number of nitrogens with zero attached hydrogens (tertiary/aromatic N) is 1. The fraction of sp³-hybridized carbons (Fsp3) is 0.0455. The van der Waals surface area contributed by atoms with Gasteiger partial charge in [-0.25, -0.2) is 4.79 Å². The van der Waals surface area contributed by atoms with E-state index >= 15 is 0 Å². The lowest BCUT2D eigenvalue weighted by molar-refractivity contribution is -0.130. The summed E-state index contributed by atoms with van der Waals surface area (Å²) in [6.45, 7) is 5.21. The molecular weight excluding hydrogens is 346 g/mol. The third-order valence-corrected chi connectivity index (χ3v) is 4.01. The summed E-state index contributed by atoms with van der Waals surface area (Å²) in [6, 6.07) is 25.0. The molecule has 0 bridgehead atoms. The van der Waals surface area contributed by atoms with E-state index in [1.807, 2.05) is 66.7 Å². The predicted octanol–water partition coefficient (Wildman–Crippen LogP) is 6.29. The van der Waals surface area contributed by atoms with Crippen molar-refractivity contribution in [1.82, 2.24) is 0 Å². The summed E-state index contributed by atoms with van der Waals surface area (Å²) in [5.74, 6) is 0.0428. The van der Waals surface area contributed by atoms with Gasteiger partial charge >= 0.3 is 5.97 Å². The number of para-hydroxylation sites is 1. The zero-order valence-electron chi connectivity index (χ0n) is 14.4. The summed E-state index contributed by atoms with van der Waals surface area (Å²) >= 11 is 6.03. The molecule has 0 fully saturated rings. The lowest BCUT2D eigenvalue weighted by Gasteiger charge is -2.25. The van der Waals surface area contributed by atoms with Crippen molar-refractivity contribution in [2.45, 2.75) is 6.92 Å². The third kappa shape index (κ3) is 4.13. The first kappa shape index (κ1) is 17.8. The molecule has 0 radical (unpaired) electrons. The highest BCUT2D eigenvalue weighted by molar-refractivity contribution is 6.30. The van der Waals surface area contributed by atoms with E-state index in [4.69, 9.17) is 16.3 Å². The minimum Gasteiger partial charge on any atom is -0.423 e. The number of carbonyl (C=O) groups is 1. The average Bonchev–Trinajstić information content (AvgIpc) is 2.66. The van der Waals surface area contributed by atoms with Crippen LogP contribution in [0.1, 0.15) is 6.92 Å². The lowest BCUT2D eigenvalue weighted by Crippen LogP contribution is -2.10. The molecule has 0 aromatic heterocycles. The van der Waals surface area contributed by atoms with Crippen LogP contribution >= 0.6 is 11.6 Å². The van der Waals surface area contributed by atoms with Crippen LogP contribution in [0, 0.1) is 0 Å². The standard InChI is InChI=1S/C22H18ClNO2/c1-16(2)22(25)26-21-14-12-20(13-15-21)24(18-6-4-3-5-7-18)19-10-8-17(23)9-11-19/h3-15H,1H2,2H3. The molecule has 0 unspecified atom stereocenters. The van der Waals surface area contributed by atoms with Crippen LogP contribution in [0.5, 0.6) is 5.75 Å². The molecule has 4 heteroatoms. The molecule has 3 aromatic rings. The second-order valence-corrected chi connectivity index (χ2v) is 6.25. The summed E-state index contributed by atoms with van der Waals surface area (Å²) in [6.07, 6.45) is 0. The van der Waals surface area contributed by atoms with Gasteiger partial charge in [0, 0.05) is 27.7 Å². The summed E-state index contributed by atoms with van der Waals surface area (Å²) in [7, 11) is 0. The van der Waals surface area contributed by atoms with Crippen molar-refractivity contribution in [2.75, 3.05) is 4.90 Å². The second kappa shape index (κ2) is 7.89. The SMILES string of the molecule is C=C(C)C(=O)Oc1ccc(N(c2ccccc2)c2ccc(Cl)cc2)cc1. The summed E-state index contributed by atoms with van der Waals surface area (Å²) < 4.78 is 5.26. The highest BCUT2D eigenvalue weighted by atomic mass is 35.5. The molecular formula is C22H18ClNO2. The lowest BCUT2D eigenvalue weighted by atomic mass is 10.2. The number of halogens is 1. The van der Waals surface area contributed by atoms with Crippen molar-refractivity contribution >= 4 is 34.6 Å². The Hall–Kier alpha value is -3.04. The minimum atomic E-state index is -0.435. The smallest absolute Gasteiger partial charge is 0.338 e. The molecule has 0 N–H and O–H groups in total. The zero-order valence-corrected chi connectivity index (χ0v) is 15.1. The number of ether oxygens (including phenoxy) is 1. The molecule has 0 aliphatic heterocycles. The van der Waals surface area contributed by atoms with Crippen LogP contribution in [0.25, 0.3) is 0 Å². The molecule has 3 rings (SSSR count). The Kier molecular flexibility index (Phi) is 5.40. The third-order valence-electron chi connectivity index (χ3n) is 3.75. The number of hydrogen-bond acceptors (Lipinski definition) is 3. The number of anilines is 3. The van der Waals surface area contributed by atoms with Gasteiger partial charge in [-0.1, -0.05) is 36.4 Å². The maximum atomic E-state index is 11.7. The van der Waals surface area contributed by atoms with Crippen molar-refractivity contribution in [1.29, 1.82) is 0 Å². The predicted molar refractivity (Wildman–Crippen MR) is 107 cm³/mol. The largest absolute Gasteiger partial charge is 0.423 e. The number of carbonyl (C=O) groups excluding carboxylic acids is 1. The Morgan fingerprint density at radius 1 is 0.846 bits per heavy atom. The Labute approximate surface area is 158 Å². The quantitative estimate of drug-likeness (QED) is 0.303. The van der Waals surface area contributed by atoms with Crippen LogP contribution in [0.3, 0.4) is 0 Å². The first-order valence-corrected chi connectivity index (χ1v) is 8.51. The molecule has 0 atom stereocenters. The monoisotopic (exact) mass is 363 g/mol. The number of hydrogen-bond donors (Lipinski definition) is 0. The van der Waals surface area contributed by atoms with E-state index in [-0.39, 0.29) is 0 Å². The Morgan fingerprint density at radius 3 is 1.88 bits per heavy atom. The maximum absolute atomic E-state index is 11.7. The van der Waals surface area contributed by atoms with Crippen molar-refractivity contribution in [3.63, 3.8) is 0 Å². The van der Waals surface area contributed by atoms with Crippen LogP contribution < -0.4 is 9.64 Å². The summed E-state index contributed by atoms with van der Waals surface area (Å²) in [5, 5.41) is 0.684. The van der Waals surface area contributed by atoms with Crippen LogP contribution in [0.15, 0.2) is 91.0 Å². The first-order chi connectivity index (χ1) is 12.5. The molecule has 0 aliphatic rings. The van der Waals surface area contributed by atoms with Gasteiger partial charge in [0.25, 0.3) is 0 Å². The summed E-state index contributed by atoms with van der Waals surface area (Å²) in [5.41, 5.74) is 3.29.